The van der Waals surface area contributed by atoms with Gasteiger partial charge < -0.3 is 10.5 Å². The maximum absolute atomic E-state index is 13.8. The number of hydrogen-bond donors (Lipinski definition) is 1. The summed E-state index contributed by atoms with van der Waals surface area (Å²) in [5.74, 6) is -1.19. The second kappa shape index (κ2) is 6.96. The quantitative estimate of drug-likeness (QED) is 0.651. The number of rotatable bonds is 4. The average molecular weight is 348 g/mol. The standard InChI is InChI=1S/C15H20BrF2NO/c16-12-5-6-13(17)11(14(12)18)9-20-10-15(19)7-3-1-2-4-8-15/h5-6H,1-4,7-10,19H2. The molecule has 1 fully saturated rings. The Hall–Kier alpha value is -0.520. The fourth-order valence-corrected chi connectivity index (χ4v) is 3.01. The SMILES string of the molecule is NC1(COCc2c(F)ccc(Br)c2F)CCCCCC1. The van der Waals surface area contributed by atoms with Crippen molar-refractivity contribution in [2.45, 2.75) is 50.7 Å². The first kappa shape index (κ1) is 15.9. The normalized spacial score (nSPS) is 18.8. The molecular weight excluding hydrogens is 328 g/mol. The van der Waals surface area contributed by atoms with Gasteiger partial charge in [0.1, 0.15) is 11.6 Å². The Morgan fingerprint density at radius 1 is 1.15 bits per heavy atom. The summed E-state index contributed by atoms with van der Waals surface area (Å²) in [7, 11) is 0. The van der Waals surface area contributed by atoms with Gasteiger partial charge in [0.2, 0.25) is 0 Å². The number of benzene rings is 1. The molecule has 1 aliphatic carbocycles. The minimum absolute atomic E-state index is 0.0448. The van der Waals surface area contributed by atoms with E-state index in [2.05, 4.69) is 15.9 Å². The molecule has 1 aromatic rings. The first-order chi connectivity index (χ1) is 9.52. The van der Waals surface area contributed by atoms with Crippen molar-refractivity contribution in [1.29, 1.82) is 0 Å². The first-order valence-corrected chi connectivity index (χ1v) is 7.80. The van der Waals surface area contributed by atoms with Crippen LogP contribution in [-0.4, -0.2) is 12.1 Å². The predicted molar refractivity (Wildman–Crippen MR) is 78.3 cm³/mol. The van der Waals surface area contributed by atoms with Crippen LogP contribution in [-0.2, 0) is 11.3 Å². The molecule has 2 N–H and O–H groups in total. The molecule has 1 aliphatic rings. The highest BCUT2D eigenvalue weighted by atomic mass is 79.9. The Morgan fingerprint density at radius 3 is 2.45 bits per heavy atom. The second-order valence-electron chi connectivity index (χ2n) is 5.59. The Balaban J connectivity index is 1.94. The highest BCUT2D eigenvalue weighted by Gasteiger charge is 2.26. The lowest BCUT2D eigenvalue weighted by Crippen LogP contribution is -2.44. The summed E-state index contributed by atoms with van der Waals surface area (Å²) in [6.45, 7) is 0.258. The van der Waals surface area contributed by atoms with Crippen molar-refractivity contribution >= 4 is 15.9 Å². The fraction of sp³-hybridized carbons (Fsp3) is 0.600. The Bertz CT molecular complexity index is 459. The third-order valence-electron chi connectivity index (χ3n) is 3.87. The van der Waals surface area contributed by atoms with Crippen LogP contribution in [0.15, 0.2) is 16.6 Å². The van der Waals surface area contributed by atoms with Gasteiger partial charge in [0.05, 0.1) is 23.2 Å². The Labute approximate surface area is 126 Å². The summed E-state index contributed by atoms with van der Waals surface area (Å²) >= 11 is 3.05. The lowest BCUT2D eigenvalue weighted by molar-refractivity contribution is 0.0634. The molecule has 1 aromatic carbocycles. The van der Waals surface area contributed by atoms with Gasteiger partial charge >= 0.3 is 0 Å². The van der Waals surface area contributed by atoms with Gasteiger partial charge in [-0.2, -0.15) is 0 Å². The van der Waals surface area contributed by atoms with Gasteiger partial charge in [-0.15, -0.1) is 0 Å². The number of nitrogens with two attached hydrogens (primary N) is 1. The molecule has 0 unspecified atom stereocenters. The monoisotopic (exact) mass is 347 g/mol. The van der Waals surface area contributed by atoms with Crippen LogP contribution in [0.3, 0.4) is 0 Å². The molecule has 2 rings (SSSR count). The predicted octanol–water partition coefficient (Wildman–Crippen LogP) is 4.30. The molecule has 20 heavy (non-hydrogen) atoms. The minimum atomic E-state index is -0.600. The number of ether oxygens (including phenoxy) is 1. The summed E-state index contributed by atoms with van der Waals surface area (Å²) in [6, 6.07) is 2.58. The molecule has 0 aliphatic heterocycles. The second-order valence-corrected chi connectivity index (χ2v) is 6.45. The van der Waals surface area contributed by atoms with E-state index in [-0.39, 0.29) is 22.2 Å². The zero-order valence-electron chi connectivity index (χ0n) is 11.4. The number of halogens is 3. The van der Waals surface area contributed by atoms with Crippen LogP contribution >= 0.6 is 15.9 Å². The van der Waals surface area contributed by atoms with Gasteiger partial charge in [0.15, 0.2) is 0 Å². The maximum atomic E-state index is 13.8. The van der Waals surface area contributed by atoms with Crippen molar-refractivity contribution in [3.05, 3.63) is 33.8 Å². The molecule has 0 amide bonds. The topological polar surface area (TPSA) is 35.2 Å². The summed E-state index contributed by atoms with van der Waals surface area (Å²) in [6.07, 6.45) is 6.42. The number of hydrogen-bond acceptors (Lipinski definition) is 2. The molecular formula is C15H20BrF2NO. The van der Waals surface area contributed by atoms with Gasteiger partial charge in [-0.1, -0.05) is 25.7 Å². The highest BCUT2D eigenvalue weighted by Crippen LogP contribution is 2.26. The van der Waals surface area contributed by atoms with E-state index >= 15 is 0 Å². The molecule has 0 atom stereocenters. The van der Waals surface area contributed by atoms with E-state index in [9.17, 15) is 8.78 Å². The van der Waals surface area contributed by atoms with Crippen molar-refractivity contribution in [2.24, 2.45) is 5.73 Å². The first-order valence-electron chi connectivity index (χ1n) is 7.01. The van der Waals surface area contributed by atoms with Gasteiger partial charge in [-0.05, 0) is 40.9 Å². The lowest BCUT2D eigenvalue weighted by atomic mass is 9.92. The van der Waals surface area contributed by atoms with Crippen molar-refractivity contribution in [1.82, 2.24) is 0 Å². The summed E-state index contributed by atoms with van der Waals surface area (Å²) in [4.78, 5) is 0. The molecule has 5 heteroatoms. The molecule has 0 bridgehead atoms. The van der Waals surface area contributed by atoms with E-state index in [0.29, 0.717) is 6.61 Å². The van der Waals surface area contributed by atoms with Crippen molar-refractivity contribution in [3.8, 4) is 0 Å². The average Bonchev–Trinajstić information content (AvgIpc) is 2.63. The minimum Gasteiger partial charge on any atom is -0.375 e. The Kier molecular flexibility index (Phi) is 5.52. The van der Waals surface area contributed by atoms with E-state index in [4.69, 9.17) is 10.5 Å². The fourth-order valence-electron chi connectivity index (χ4n) is 2.63. The van der Waals surface area contributed by atoms with Crippen molar-refractivity contribution in [2.75, 3.05) is 6.61 Å². The molecule has 1 saturated carbocycles. The largest absolute Gasteiger partial charge is 0.375 e. The van der Waals surface area contributed by atoms with E-state index in [1.54, 1.807) is 0 Å². The van der Waals surface area contributed by atoms with Crippen LogP contribution in [0.5, 0.6) is 0 Å². The summed E-state index contributed by atoms with van der Waals surface area (Å²) in [5.41, 5.74) is 5.91. The summed E-state index contributed by atoms with van der Waals surface area (Å²) < 4.78 is 33.1. The molecule has 2 nitrogen and oxygen atoms in total. The summed E-state index contributed by atoms with van der Waals surface area (Å²) in [5, 5.41) is 0. The van der Waals surface area contributed by atoms with Crippen molar-refractivity contribution < 1.29 is 13.5 Å². The molecule has 0 aromatic heterocycles. The highest BCUT2D eigenvalue weighted by molar-refractivity contribution is 9.10. The van der Waals surface area contributed by atoms with E-state index in [0.717, 1.165) is 25.7 Å². The van der Waals surface area contributed by atoms with Gasteiger partial charge in [0.25, 0.3) is 0 Å². The van der Waals surface area contributed by atoms with E-state index in [1.165, 1.54) is 25.0 Å². The molecule has 0 radical (unpaired) electrons. The van der Waals surface area contributed by atoms with Gasteiger partial charge in [-0.25, -0.2) is 8.78 Å². The van der Waals surface area contributed by atoms with E-state index in [1.807, 2.05) is 0 Å². The van der Waals surface area contributed by atoms with Crippen LogP contribution in [0.25, 0.3) is 0 Å². The third kappa shape index (κ3) is 3.99. The van der Waals surface area contributed by atoms with Crippen LogP contribution < -0.4 is 5.73 Å². The molecule has 0 saturated heterocycles. The van der Waals surface area contributed by atoms with Crippen molar-refractivity contribution in [3.63, 3.8) is 0 Å². The smallest absolute Gasteiger partial charge is 0.145 e. The van der Waals surface area contributed by atoms with Crippen LogP contribution in [0.2, 0.25) is 0 Å². The van der Waals surface area contributed by atoms with Gasteiger partial charge in [-0.3, -0.25) is 0 Å². The molecule has 112 valence electrons. The molecule has 0 spiro atoms. The van der Waals surface area contributed by atoms with E-state index < -0.39 is 11.6 Å². The van der Waals surface area contributed by atoms with Crippen LogP contribution in [0, 0.1) is 11.6 Å². The van der Waals surface area contributed by atoms with Gasteiger partial charge in [0, 0.05) is 5.54 Å². The zero-order valence-corrected chi connectivity index (χ0v) is 13.0. The maximum Gasteiger partial charge on any atom is 0.145 e. The van der Waals surface area contributed by atoms with Crippen LogP contribution in [0.1, 0.15) is 44.1 Å². The van der Waals surface area contributed by atoms with Crippen LogP contribution in [0.4, 0.5) is 8.78 Å². The molecule has 0 heterocycles. The Morgan fingerprint density at radius 2 is 1.80 bits per heavy atom. The lowest BCUT2D eigenvalue weighted by Gasteiger charge is -2.27. The third-order valence-corrected chi connectivity index (χ3v) is 4.49. The zero-order chi connectivity index (χ0) is 14.6.